The van der Waals surface area contributed by atoms with Gasteiger partial charge in [0, 0.05) is 123 Å². The van der Waals surface area contributed by atoms with Crippen LogP contribution >= 0.6 is 0 Å². The lowest BCUT2D eigenvalue weighted by molar-refractivity contribution is -0.185. The number of benzene rings is 4. The number of piperidine rings is 3. The third kappa shape index (κ3) is 29.9. The van der Waals surface area contributed by atoms with Crippen LogP contribution in [0.2, 0.25) is 0 Å². The standard InChI is InChI=1S/C31H46FN5O5.C28H37FN4O7.C26H33FN4O6.C17H19FN2O4/c1-19(2)10-14-33-23-11-16-37(17-12-23)15-7-13-34-31(40)36-25-18-22(8-9-24(25)32)28-26(29(38)41-5)20(3)35-21(4)27(28)30(39)42-6;1-17-22(25(34)37-3)24(23(18(2)31-17)26(35)38-4)19-6-7-20(29)21(16-19)32-27(36)30-10-5-11-33-12-8-28(9-13-33)39-14-15-40-28;1-15-21(24(33)36-3)23(22(16(2)29-15)25(34)37-4)17-6-7-19(27)20(14-17)30-26(35)28-10-5-11-31-12-8-18(32)9-13-31;1-8-13(16(21)23-3)15(10-5-6-11(18)12(19)7-10)14(9(2)20-8)17(22)24-4/h8-9,18-19,23,28,33,35H,7,10-17H2,1-6H3,(H2,34,36,40);6-7,16,24,31H,5,8-15H2,1-4H3,(H2,30,32,36);6-7,14,23,29H,5,8-13H2,1-4H3,(H2,28,30,35);5-7,15,20H,19H2,1-4H3. The number of nitrogens with zero attached hydrogens (tertiary/aromatic N) is 3. The Kier molecular flexibility index (Phi) is 42.4. The van der Waals surface area contributed by atoms with Crippen LogP contribution in [0.15, 0.2) is 163 Å². The number of Topliss-reactive ketones (excluding diaryl/α,β-unsaturated/α-hetero) is 1. The highest BCUT2D eigenvalue weighted by molar-refractivity contribution is 6.04. The number of rotatable bonds is 31. The summed E-state index contributed by atoms with van der Waals surface area (Å²) in [5, 5.41) is 31.6. The van der Waals surface area contributed by atoms with E-state index >= 15 is 0 Å². The zero-order chi connectivity index (χ0) is 105. The Labute approximate surface area is 830 Å². The van der Waals surface area contributed by atoms with Crippen LogP contribution in [0.1, 0.15) is 179 Å². The van der Waals surface area contributed by atoms with Crippen LogP contribution in [0.3, 0.4) is 0 Å². The number of allylic oxidation sites excluding steroid dienone is 8. The highest BCUT2D eigenvalue weighted by Gasteiger charge is 2.45. The number of halogens is 4. The van der Waals surface area contributed by atoms with Gasteiger partial charge < -0.3 is 126 Å². The minimum absolute atomic E-state index is 0.0701. The first kappa shape index (κ1) is 113. The Bertz CT molecular complexity index is 5480. The van der Waals surface area contributed by atoms with Gasteiger partial charge in [0.2, 0.25) is 0 Å². The van der Waals surface area contributed by atoms with Crippen molar-refractivity contribution in [3.8, 4) is 0 Å². The monoisotopic (exact) mass is 2000 g/mol. The number of carbonyl (C=O) groups is 12. The summed E-state index contributed by atoms with van der Waals surface area (Å²) in [6.45, 7) is 29.2. The number of amides is 6. The molecule has 13 N–H and O–H groups in total. The van der Waals surface area contributed by atoms with E-state index in [9.17, 15) is 75.1 Å². The average molecular weight is 2000 g/mol. The van der Waals surface area contributed by atoms with E-state index in [0.29, 0.717) is 132 Å². The third-order valence-electron chi connectivity index (χ3n) is 25.8. The molecule has 0 aromatic heterocycles. The lowest BCUT2D eigenvalue weighted by Gasteiger charge is -2.37. The molecule has 0 saturated carbocycles. The lowest BCUT2D eigenvalue weighted by atomic mass is 9.80. The van der Waals surface area contributed by atoms with Gasteiger partial charge in [-0.25, -0.2) is 70.3 Å². The number of anilines is 4. The van der Waals surface area contributed by atoms with Crippen LogP contribution in [0.25, 0.3) is 0 Å². The molecule has 1 spiro atoms. The lowest BCUT2D eigenvalue weighted by Crippen LogP contribution is -2.45. The van der Waals surface area contributed by atoms with Gasteiger partial charge in [-0.3, -0.25) is 4.79 Å². The van der Waals surface area contributed by atoms with Gasteiger partial charge in [0.05, 0.1) is 161 Å². The van der Waals surface area contributed by atoms with Crippen LogP contribution < -0.4 is 64.2 Å². The average Bonchev–Trinajstić information content (AvgIpc) is 1.64. The van der Waals surface area contributed by atoms with Crippen molar-refractivity contribution in [2.45, 2.75) is 169 Å². The number of hydrogen-bond acceptors (Lipinski definition) is 31. The van der Waals surface area contributed by atoms with Crippen molar-refractivity contribution in [1.29, 1.82) is 0 Å². The molecule has 41 heteroatoms. The van der Waals surface area contributed by atoms with Gasteiger partial charge in [-0.15, -0.1) is 0 Å². The van der Waals surface area contributed by atoms with Crippen molar-refractivity contribution >= 4 is 94.4 Å². The summed E-state index contributed by atoms with van der Waals surface area (Å²) in [4.78, 5) is 157. The summed E-state index contributed by atoms with van der Waals surface area (Å²) in [5.74, 6) is -10.5. The fraction of sp³-hybridized carbons (Fsp3) is 0.490. The van der Waals surface area contributed by atoms with E-state index in [1.54, 1.807) is 55.4 Å². The smallest absolute Gasteiger partial charge is 0.336 e. The van der Waals surface area contributed by atoms with Crippen molar-refractivity contribution in [3.63, 3.8) is 0 Å². The zero-order valence-electron chi connectivity index (χ0n) is 84.5. The van der Waals surface area contributed by atoms with Crippen molar-refractivity contribution < 1.29 is 122 Å². The minimum Gasteiger partial charge on any atom is -0.466 e. The SMILES string of the molecule is COC(=O)C1=C(C)NC(C)=C(C(=O)OC)C1c1ccc(F)c(N)c1.COC(=O)C1=C(C)NC(C)=C(C(=O)OC)C1c1ccc(F)c(NC(=O)NCCCN2CCC(=O)CC2)c1.COC(=O)C1=C(C)NC(C)=C(C(=O)OC)C1c1ccc(F)c(NC(=O)NCCCN2CCC(NCCC(C)C)CC2)c1.COC(=O)C1=C(C)NC(C)=C(C(=O)OC)C1c1ccc(F)c(NC(=O)NCCCN2CCC3(CC2)OCCO3)c1. The van der Waals surface area contributed by atoms with Gasteiger partial charge >= 0.3 is 65.8 Å². The van der Waals surface area contributed by atoms with Crippen LogP contribution in [0.5, 0.6) is 0 Å². The predicted molar refractivity (Wildman–Crippen MR) is 524 cm³/mol. The van der Waals surface area contributed by atoms with E-state index in [-0.39, 0.29) is 73.1 Å². The summed E-state index contributed by atoms with van der Waals surface area (Å²) >= 11 is 0. The summed E-state index contributed by atoms with van der Waals surface area (Å²) in [6, 6.07) is 15.1. The molecule has 0 bridgehead atoms. The number of dihydropyridines is 4. The molecule has 4 fully saturated rings. The number of ether oxygens (including phenoxy) is 10. The van der Waals surface area contributed by atoms with Crippen molar-refractivity contribution in [2.24, 2.45) is 5.92 Å². The first-order valence-corrected chi connectivity index (χ1v) is 47.4. The number of nitrogens with two attached hydrogens (primary N) is 1. The molecule has 4 saturated heterocycles. The Morgan fingerprint density at radius 1 is 0.385 bits per heavy atom. The van der Waals surface area contributed by atoms with Crippen LogP contribution in [0.4, 0.5) is 54.7 Å². The second kappa shape index (κ2) is 53.6. The number of nitrogen functional groups attached to an aromatic ring is 1. The van der Waals surface area contributed by atoms with E-state index in [1.165, 1.54) is 136 Å². The van der Waals surface area contributed by atoms with E-state index in [4.69, 9.17) is 53.1 Å². The van der Waals surface area contributed by atoms with Crippen molar-refractivity contribution in [3.05, 3.63) is 208 Å². The molecular weight excluding hydrogens is 1860 g/mol. The first-order valence-electron chi connectivity index (χ1n) is 47.4. The summed E-state index contributed by atoms with van der Waals surface area (Å²) in [5.41, 5.74) is 12.7. The number of hydrogen-bond donors (Lipinski definition) is 12. The molecule has 8 aliphatic rings. The van der Waals surface area contributed by atoms with E-state index in [1.807, 2.05) is 0 Å². The number of nitrogens with one attached hydrogen (secondary N) is 11. The molecule has 0 atom stereocenters. The van der Waals surface area contributed by atoms with Crippen molar-refractivity contribution in [1.82, 2.24) is 57.2 Å². The zero-order valence-corrected chi connectivity index (χ0v) is 84.5. The molecule has 0 unspecified atom stereocenters. The molecule has 8 heterocycles. The van der Waals surface area contributed by atoms with E-state index in [0.717, 1.165) is 104 Å². The quantitative estimate of drug-likeness (QED) is 0.00732. The number of urea groups is 3. The topological polar surface area (TPSA) is 465 Å². The summed E-state index contributed by atoms with van der Waals surface area (Å²) in [7, 11) is 9.95. The molecule has 778 valence electrons. The second-order valence-electron chi connectivity index (χ2n) is 35.8. The molecule has 0 aliphatic carbocycles. The Morgan fingerprint density at radius 3 is 0.909 bits per heavy atom. The van der Waals surface area contributed by atoms with Gasteiger partial charge in [-0.2, -0.15) is 0 Å². The van der Waals surface area contributed by atoms with Gasteiger partial charge in [0.15, 0.2) is 5.79 Å². The molecule has 37 nitrogen and oxygen atoms in total. The Morgan fingerprint density at radius 2 is 0.643 bits per heavy atom. The van der Waals surface area contributed by atoms with Gasteiger partial charge in [-0.1, -0.05) is 38.1 Å². The van der Waals surface area contributed by atoms with Gasteiger partial charge in [0.1, 0.15) is 29.1 Å². The van der Waals surface area contributed by atoms with E-state index in [2.05, 4.69) is 87.0 Å². The number of likely N-dealkylation sites (tertiary alicyclic amines) is 3. The maximum absolute atomic E-state index is 14.8. The maximum Gasteiger partial charge on any atom is 0.336 e. The number of esters is 8. The maximum atomic E-state index is 14.8. The van der Waals surface area contributed by atoms with Gasteiger partial charge in [-0.05, 0) is 210 Å². The van der Waals surface area contributed by atoms with Crippen LogP contribution in [-0.4, -0.2) is 253 Å². The predicted octanol–water partition coefficient (Wildman–Crippen LogP) is 11.3. The molecule has 8 aliphatic heterocycles. The fourth-order valence-electron chi connectivity index (χ4n) is 18.4. The fourth-order valence-corrected chi connectivity index (χ4v) is 18.4. The van der Waals surface area contributed by atoms with Crippen LogP contribution in [-0.2, 0) is 90.5 Å². The van der Waals surface area contributed by atoms with Gasteiger partial charge in [0.25, 0.3) is 0 Å². The number of carbonyl (C=O) groups excluding carboxylic acids is 12. The number of methoxy groups -OCH3 is 8. The molecule has 4 aromatic rings. The first-order chi connectivity index (χ1) is 68.2. The van der Waals surface area contributed by atoms with E-state index < -0.39 is 119 Å². The highest BCUT2D eigenvalue weighted by atomic mass is 19.1. The minimum atomic E-state index is -0.901. The molecular formula is C102H135F4N15O22. The second-order valence-corrected chi connectivity index (χ2v) is 35.8. The van der Waals surface area contributed by atoms with Crippen LogP contribution in [0, 0.1) is 29.2 Å². The summed E-state index contributed by atoms with van der Waals surface area (Å²) < 4.78 is 109. The largest absolute Gasteiger partial charge is 0.466 e. The molecule has 143 heavy (non-hydrogen) atoms. The molecule has 4 aromatic carbocycles. The number of ketones is 1. The molecule has 12 rings (SSSR count). The normalized spacial score (nSPS) is 17.3. The molecule has 0 radical (unpaired) electrons. The highest BCUT2D eigenvalue weighted by Crippen LogP contribution is 2.46. The third-order valence-corrected chi connectivity index (χ3v) is 25.8. The Balaban J connectivity index is 0.000000216. The van der Waals surface area contributed by atoms with Crippen molar-refractivity contribution in [2.75, 3.05) is 177 Å². The Hall–Kier alpha value is -13.5. The molecule has 6 amide bonds. The summed E-state index contributed by atoms with van der Waals surface area (Å²) in [6.07, 6.45) is 8.37.